The second-order valence-electron chi connectivity index (χ2n) is 6.95. The lowest BCUT2D eigenvalue weighted by Gasteiger charge is -2.13. The summed E-state index contributed by atoms with van der Waals surface area (Å²) in [5, 5.41) is 36.0. The van der Waals surface area contributed by atoms with Gasteiger partial charge in [-0.15, -0.1) is 0 Å². The molecule has 0 bridgehead atoms. The summed E-state index contributed by atoms with van der Waals surface area (Å²) in [5.41, 5.74) is 2.01. The van der Waals surface area contributed by atoms with Gasteiger partial charge in [-0.2, -0.15) is 0 Å². The number of nitrogens with zero attached hydrogens (tertiary/aromatic N) is 1. The zero-order chi connectivity index (χ0) is 21.1. The Morgan fingerprint density at radius 3 is 2.70 bits per heavy atom. The number of phenols is 1. The first kappa shape index (κ1) is 19.7. The molecular weight excluding hydrogens is 386 g/mol. The molecular formula is C22H21N3O5. The van der Waals surface area contributed by atoms with E-state index in [4.69, 9.17) is 4.74 Å². The van der Waals surface area contributed by atoms with Crippen LogP contribution in [0.2, 0.25) is 0 Å². The highest BCUT2D eigenvalue weighted by atomic mass is 16.6. The molecule has 0 unspecified atom stereocenters. The van der Waals surface area contributed by atoms with Crippen molar-refractivity contribution in [2.45, 2.75) is 6.10 Å². The number of benzene rings is 3. The molecule has 30 heavy (non-hydrogen) atoms. The number of aromatic nitrogens is 1. The molecule has 0 fully saturated rings. The van der Waals surface area contributed by atoms with Crippen LogP contribution in [0.5, 0.6) is 11.5 Å². The van der Waals surface area contributed by atoms with Gasteiger partial charge in [0.05, 0.1) is 16.5 Å². The van der Waals surface area contributed by atoms with Gasteiger partial charge in [0.15, 0.2) is 5.75 Å². The van der Waals surface area contributed by atoms with E-state index in [0.29, 0.717) is 18.7 Å². The molecule has 1 atom stereocenters. The number of aromatic hydroxyl groups is 1. The molecule has 0 saturated heterocycles. The Morgan fingerprint density at radius 2 is 1.87 bits per heavy atom. The Bertz CT molecular complexity index is 1200. The van der Waals surface area contributed by atoms with Gasteiger partial charge < -0.3 is 25.3 Å². The second kappa shape index (κ2) is 8.40. The highest BCUT2D eigenvalue weighted by Crippen LogP contribution is 2.29. The van der Waals surface area contributed by atoms with E-state index in [0.717, 1.165) is 22.2 Å². The highest BCUT2D eigenvalue weighted by Gasteiger charge is 2.17. The van der Waals surface area contributed by atoms with Crippen LogP contribution in [0, 0.1) is 10.1 Å². The highest BCUT2D eigenvalue weighted by molar-refractivity contribution is 6.07. The third kappa shape index (κ3) is 4.05. The van der Waals surface area contributed by atoms with Gasteiger partial charge in [-0.3, -0.25) is 10.1 Å². The van der Waals surface area contributed by atoms with Crippen molar-refractivity contribution in [2.75, 3.05) is 19.7 Å². The molecule has 3 aromatic carbocycles. The van der Waals surface area contributed by atoms with E-state index in [9.17, 15) is 20.3 Å². The number of hydrogen-bond donors (Lipinski definition) is 4. The molecule has 0 spiro atoms. The normalized spacial score (nSPS) is 12.3. The molecule has 4 aromatic rings. The lowest BCUT2D eigenvalue weighted by molar-refractivity contribution is -0.386. The number of rotatable bonds is 8. The van der Waals surface area contributed by atoms with Crippen LogP contribution < -0.4 is 10.1 Å². The maximum Gasteiger partial charge on any atom is 0.311 e. The third-order valence-electron chi connectivity index (χ3n) is 4.94. The largest absolute Gasteiger partial charge is 0.502 e. The van der Waals surface area contributed by atoms with Crippen molar-refractivity contribution in [3.05, 3.63) is 76.3 Å². The first-order valence-electron chi connectivity index (χ1n) is 9.52. The minimum absolute atomic E-state index is 0.201. The van der Waals surface area contributed by atoms with Gasteiger partial charge >= 0.3 is 5.69 Å². The van der Waals surface area contributed by atoms with Gasteiger partial charge in [0.25, 0.3) is 0 Å². The van der Waals surface area contributed by atoms with Crippen molar-refractivity contribution >= 4 is 27.5 Å². The molecule has 1 aromatic heterocycles. The quantitative estimate of drug-likeness (QED) is 0.201. The van der Waals surface area contributed by atoms with Crippen LogP contribution in [0.3, 0.4) is 0 Å². The van der Waals surface area contributed by atoms with E-state index >= 15 is 0 Å². The maximum atomic E-state index is 10.9. The number of aromatic amines is 1. The number of phenolic OH excluding ortho intramolecular Hbond substituents is 1. The number of H-pyrrole nitrogens is 1. The van der Waals surface area contributed by atoms with E-state index in [1.54, 1.807) is 0 Å². The lowest BCUT2D eigenvalue weighted by Crippen LogP contribution is -2.26. The predicted molar refractivity (Wildman–Crippen MR) is 114 cm³/mol. The van der Waals surface area contributed by atoms with Crippen LogP contribution in [-0.2, 0) is 0 Å². The fourth-order valence-corrected chi connectivity index (χ4v) is 3.42. The Balaban J connectivity index is 1.29. The van der Waals surface area contributed by atoms with Crippen molar-refractivity contribution < 1.29 is 19.9 Å². The molecule has 0 aliphatic heterocycles. The standard InChI is InChI=1S/C22H21N3O5/c26-21-8-5-14(11-20(21)25(28)29)22(27)13-23-9-10-30-15-6-7-17-16-3-1-2-4-18(16)24-19(17)12-15/h1-8,11-12,22-24,26-27H,9-10,13H2/t22-/m0/s1. The molecule has 1 heterocycles. The van der Waals surface area contributed by atoms with Crippen molar-refractivity contribution in [1.82, 2.24) is 10.3 Å². The van der Waals surface area contributed by atoms with E-state index < -0.39 is 22.5 Å². The zero-order valence-corrected chi connectivity index (χ0v) is 16.0. The number of ether oxygens (including phenoxy) is 1. The molecule has 0 aliphatic rings. The van der Waals surface area contributed by atoms with Gasteiger partial charge in [-0.05, 0) is 29.8 Å². The molecule has 8 nitrogen and oxygen atoms in total. The van der Waals surface area contributed by atoms with Gasteiger partial charge in [0.1, 0.15) is 12.4 Å². The first-order valence-corrected chi connectivity index (χ1v) is 9.52. The van der Waals surface area contributed by atoms with E-state index in [2.05, 4.69) is 16.4 Å². The molecule has 154 valence electrons. The number of para-hydroxylation sites is 1. The number of fused-ring (bicyclic) bond motifs is 3. The molecule has 0 aliphatic carbocycles. The topological polar surface area (TPSA) is 121 Å². The molecule has 0 radical (unpaired) electrons. The summed E-state index contributed by atoms with van der Waals surface area (Å²) in [5.74, 6) is 0.315. The van der Waals surface area contributed by atoms with Crippen molar-refractivity contribution in [1.29, 1.82) is 0 Å². The van der Waals surface area contributed by atoms with E-state index in [1.165, 1.54) is 23.6 Å². The Morgan fingerprint density at radius 1 is 1.07 bits per heavy atom. The van der Waals surface area contributed by atoms with Crippen LogP contribution in [0.15, 0.2) is 60.7 Å². The Labute approximate surface area is 171 Å². The smallest absolute Gasteiger partial charge is 0.311 e. The summed E-state index contributed by atoms with van der Waals surface area (Å²) in [6.45, 7) is 1.09. The second-order valence-corrected chi connectivity index (χ2v) is 6.95. The van der Waals surface area contributed by atoms with Crippen LogP contribution in [0.1, 0.15) is 11.7 Å². The summed E-state index contributed by atoms with van der Waals surface area (Å²) >= 11 is 0. The number of nitrogens with one attached hydrogen (secondary N) is 2. The Hall–Kier alpha value is -3.62. The number of hydrogen-bond acceptors (Lipinski definition) is 6. The first-order chi connectivity index (χ1) is 14.5. The van der Waals surface area contributed by atoms with Crippen LogP contribution in [0.25, 0.3) is 21.8 Å². The fourth-order valence-electron chi connectivity index (χ4n) is 3.42. The van der Waals surface area contributed by atoms with Crippen LogP contribution in [-0.4, -0.2) is 39.8 Å². The van der Waals surface area contributed by atoms with Gasteiger partial charge in [-0.25, -0.2) is 0 Å². The summed E-state index contributed by atoms with van der Waals surface area (Å²) in [7, 11) is 0. The van der Waals surface area contributed by atoms with Crippen molar-refractivity contribution in [3.63, 3.8) is 0 Å². The van der Waals surface area contributed by atoms with Gasteiger partial charge in [0, 0.05) is 41.5 Å². The van der Waals surface area contributed by atoms with Crippen molar-refractivity contribution in [3.8, 4) is 11.5 Å². The summed E-state index contributed by atoms with van der Waals surface area (Å²) in [4.78, 5) is 13.6. The summed E-state index contributed by atoms with van der Waals surface area (Å²) in [6, 6.07) is 17.9. The number of nitro groups is 1. The van der Waals surface area contributed by atoms with Gasteiger partial charge in [0.2, 0.25) is 0 Å². The van der Waals surface area contributed by atoms with E-state index in [-0.39, 0.29) is 6.54 Å². The minimum Gasteiger partial charge on any atom is -0.502 e. The molecule has 4 rings (SSSR count). The third-order valence-corrected chi connectivity index (χ3v) is 4.94. The lowest BCUT2D eigenvalue weighted by atomic mass is 10.1. The number of nitro benzene ring substituents is 1. The maximum absolute atomic E-state index is 10.9. The number of aliphatic hydroxyl groups excluding tert-OH is 1. The SMILES string of the molecule is O=[N+]([O-])c1cc([C@@H](O)CNCCOc2ccc3c(c2)[nH]c2ccccc23)ccc1O. The fraction of sp³-hybridized carbons (Fsp3) is 0.182. The van der Waals surface area contributed by atoms with Crippen LogP contribution >= 0.6 is 0 Å². The molecule has 4 N–H and O–H groups in total. The van der Waals surface area contributed by atoms with Crippen LogP contribution in [0.4, 0.5) is 5.69 Å². The average molecular weight is 407 g/mol. The van der Waals surface area contributed by atoms with Crippen molar-refractivity contribution in [2.24, 2.45) is 0 Å². The molecule has 8 heteroatoms. The van der Waals surface area contributed by atoms with E-state index in [1.807, 2.05) is 36.4 Å². The average Bonchev–Trinajstić information content (AvgIpc) is 3.11. The monoisotopic (exact) mass is 407 g/mol. The summed E-state index contributed by atoms with van der Waals surface area (Å²) < 4.78 is 5.78. The minimum atomic E-state index is -0.938. The summed E-state index contributed by atoms with van der Waals surface area (Å²) in [6.07, 6.45) is -0.938. The number of aliphatic hydroxyl groups is 1. The van der Waals surface area contributed by atoms with Gasteiger partial charge in [-0.1, -0.05) is 24.3 Å². The molecule has 0 amide bonds. The Kier molecular flexibility index (Phi) is 5.51. The zero-order valence-electron chi connectivity index (χ0n) is 16.0. The molecule has 0 saturated carbocycles. The predicted octanol–water partition coefficient (Wildman–Crippen LogP) is 3.64.